The summed E-state index contributed by atoms with van der Waals surface area (Å²) in [5.74, 6) is 0.740. The average Bonchev–Trinajstić information content (AvgIpc) is 2.83. The third kappa shape index (κ3) is 1.64. The fourth-order valence-corrected chi connectivity index (χ4v) is 1.95. The highest BCUT2D eigenvalue weighted by molar-refractivity contribution is 7.99. The zero-order valence-corrected chi connectivity index (χ0v) is 7.63. The first kappa shape index (κ1) is 8.13. The number of rotatable bonds is 4. The lowest BCUT2D eigenvalue weighted by atomic mass is 10.7. The van der Waals surface area contributed by atoms with Gasteiger partial charge < -0.3 is 9.67 Å². The standard InChI is InChI=1S/C8H12N2OS/c11-5-6-12-8-9-3-4-10(8)7-1-2-7/h3-4,7,11H,1-2,5-6H2. The van der Waals surface area contributed by atoms with E-state index in [1.807, 2.05) is 12.4 Å². The summed E-state index contributed by atoms with van der Waals surface area (Å²) in [4.78, 5) is 4.23. The summed E-state index contributed by atoms with van der Waals surface area (Å²) >= 11 is 1.62. The van der Waals surface area contributed by atoms with Gasteiger partial charge in [0.25, 0.3) is 0 Å². The van der Waals surface area contributed by atoms with Crippen LogP contribution in [-0.2, 0) is 0 Å². The lowest BCUT2D eigenvalue weighted by molar-refractivity contribution is 0.322. The molecule has 4 heteroatoms. The molecule has 1 N–H and O–H groups in total. The smallest absolute Gasteiger partial charge is 0.168 e. The van der Waals surface area contributed by atoms with E-state index in [-0.39, 0.29) is 6.61 Å². The highest BCUT2D eigenvalue weighted by Gasteiger charge is 2.25. The van der Waals surface area contributed by atoms with Gasteiger partial charge in [0.15, 0.2) is 5.16 Å². The van der Waals surface area contributed by atoms with Crippen molar-refractivity contribution in [3.05, 3.63) is 12.4 Å². The Kier molecular flexibility index (Phi) is 2.37. The van der Waals surface area contributed by atoms with Crippen LogP contribution in [-0.4, -0.2) is 27.0 Å². The first-order chi connectivity index (χ1) is 5.92. The fourth-order valence-electron chi connectivity index (χ4n) is 1.18. The summed E-state index contributed by atoms with van der Waals surface area (Å²) in [5, 5.41) is 9.70. The minimum Gasteiger partial charge on any atom is -0.396 e. The van der Waals surface area contributed by atoms with E-state index in [4.69, 9.17) is 5.11 Å². The number of nitrogens with zero attached hydrogens (tertiary/aromatic N) is 2. The van der Waals surface area contributed by atoms with Crippen LogP contribution in [0.3, 0.4) is 0 Å². The molecular weight excluding hydrogens is 172 g/mol. The van der Waals surface area contributed by atoms with Crippen molar-refractivity contribution >= 4 is 11.8 Å². The molecule has 0 radical (unpaired) electrons. The third-order valence-corrected chi connectivity index (χ3v) is 2.86. The maximum absolute atomic E-state index is 8.65. The van der Waals surface area contributed by atoms with Crippen molar-refractivity contribution in [2.45, 2.75) is 24.0 Å². The van der Waals surface area contributed by atoms with E-state index in [0.29, 0.717) is 6.04 Å². The molecule has 1 fully saturated rings. The maximum Gasteiger partial charge on any atom is 0.168 e. The molecule has 0 atom stereocenters. The van der Waals surface area contributed by atoms with Crippen LogP contribution in [0.15, 0.2) is 17.6 Å². The SMILES string of the molecule is OCCSc1nccn1C1CC1. The second kappa shape index (κ2) is 3.49. The number of aromatic nitrogens is 2. The quantitative estimate of drug-likeness (QED) is 0.717. The molecule has 66 valence electrons. The van der Waals surface area contributed by atoms with Crippen molar-refractivity contribution in [1.82, 2.24) is 9.55 Å². The molecule has 1 aliphatic rings. The molecular formula is C8H12N2OS. The largest absolute Gasteiger partial charge is 0.396 e. The summed E-state index contributed by atoms with van der Waals surface area (Å²) in [6.45, 7) is 0.224. The van der Waals surface area contributed by atoms with Gasteiger partial charge in [0.2, 0.25) is 0 Å². The van der Waals surface area contributed by atoms with Gasteiger partial charge >= 0.3 is 0 Å². The lowest BCUT2D eigenvalue weighted by Gasteiger charge is -2.03. The Hall–Kier alpha value is -0.480. The van der Waals surface area contributed by atoms with Gasteiger partial charge in [-0.05, 0) is 12.8 Å². The zero-order valence-electron chi connectivity index (χ0n) is 6.81. The molecule has 2 rings (SSSR count). The van der Waals surface area contributed by atoms with Gasteiger partial charge in [0.1, 0.15) is 0 Å². The molecule has 1 aliphatic carbocycles. The molecule has 0 aliphatic heterocycles. The minimum absolute atomic E-state index is 0.224. The van der Waals surface area contributed by atoms with Crippen molar-refractivity contribution in [2.75, 3.05) is 12.4 Å². The Balaban J connectivity index is 2.03. The number of thioether (sulfide) groups is 1. The van der Waals surface area contributed by atoms with Gasteiger partial charge in [0.05, 0.1) is 6.61 Å². The van der Waals surface area contributed by atoms with E-state index >= 15 is 0 Å². The maximum atomic E-state index is 8.65. The molecule has 1 saturated carbocycles. The van der Waals surface area contributed by atoms with Crippen molar-refractivity contribution in [2.24, 2.45) is 0 Å². The van der Waals surface area contributed by atoms with Crippen molar-refractivity contribution in [1.29, 1.82) is 0 Å². The van der Waals surface area contributed by atoms with Crippen molar-refractivity contribution in [3.63, 3.8) is 0 Å². The number of hydrogen-bond acceptors (Lipinski definition) is 3. The van der Waals surface area contributed by atoms with Crippen LogP contribution in [0.4, 0.5) is 0 Å². The Morgan fingerprint density at radius 1 is 1.67 bits per heavy atom. The molecule has 3 nitrogen and oxygen atoms in total. The van der Waals surface area contributed by atoms with Crippen molar-refractivity contribution < 1.29 is 5.11 Å². The highest BCUT2D eigenvalue weighted by Crippen LogP contribution is 2.37. The van der Waals surface area contributed by atoms with Crippen LogP contribution in [0, 0.1) is 0 Å². The van der Waals surface area contributed by atoms with Gasteiger partial charge in [-0.2, -0.15) is 0 Å². The summed E-state index contributed by atoms with van der Waals surface area (Å²) in [6.07, 6.45) is 6.42. The fraction of sp³-hybridized carbons (Fsp3) is 0.625. The van der Waals surface area contributed by atoms with E-state index in [1.165, 1.54) is 12.8 Å². The molecule has 1 aromatic rings. The minimum atomic E-state index is 0.224. The van der Waals surface area contributed by atoms with E-state index in [1.54, 1.807) is 11.8 Å². The van der Waals surface area contributed by atoms with Crippen LogP contribution in [0.25, 0.3) is 0 Å². The van der Waals surface area contributed by atoms with Gasteiger partial charge in [-0.1, -0.05) is 11.8 Å². The van der Waals surface area contributed by atoms with Gasteiger partial charge in [-0.3, -0.25) is 0 Å². The zero-order chi connectivity index (χ0) is 8.39. The average molecular weight is 184 g/mol. The Morgan fingerprint density at radius 2 is 2.50 bits per heavy atom. The molecule has 12 heavy (non-hydrogen) atoms. The summed E-state index contributed by atoms with van der Waals surface area (Å²) < 4.78 is 2.21. The van der Waals surface area contributed by atoms with Crippen LogP contribution in [0.2, 0.25) is 0 Å². The predicted octanol–water partition coefficient (Wildman–Crippen LogP) is 1.30. The summed E-state index contributed by atoms with van der Waals surface area (Å²) in [6, 6.07) is 0.689. The Labute approximate surface area is 75.8 Å². The number of hydrogen-bond donors (Lipinski definition) is 1. The summed E-state index contributed by atoms with van der Waals surface area (Å²) in [5.41, 5.74) is 0. The van der Waals surface area contributed by atoms with Gasteiger partial charge in [-0.15, -0.1) is 0 Å². The topological polar surface area (TPSA) is 38.1 Å². The molecule has 0 spiro atoms. The molecule has 1 aromatic heterocycles. The highest BCUT2D eigenvalue weighted by atomic mass is 32.2. The van der Waals surface area contributed by atoms with Gasteiger partial charge in [-0.25, -0.2) is 4.98 Å². The monoisotopic (exact) mass is 184 g/mol. The number of aliphatic hydroxyl groups is 1. The second-order valence-corrected chi connectivity index (χ2v) is 3.98. The van der Waals surface area contributed by atoms with Gasteiger partial charge in [0, 0.05) is 24.2 Å². The van der Waals surface area contributed by atoms with Crippen LogP contribution < -0.4 is 0 Å². The molecule has 0 saturated heterocycles. The molecule has 0 bridgehead atoms. The summed E-state index contributed by atoms with van der Waals surface area (Å²) in [7, 11) is 0. The Bertz CT molecular complexity index is 257. The van der Waals surface area contributed by atoms with Crippen LogP contribution in [0.1, 0.15) is 18.9 Å². The molecule has 0 amide bonds. The van der Waals surface area contributed by atoms with E-state index in [9.17, 15) is 0 Å². The normalized spacial score (nSPS) is 16.8. The first-order valence-corrected chi connectivity index (χ1v) is 5.17. The number of imidazole rings is 1. The van der Waals surface area contributed by atoms with E-state index in [0.717, 1.165) is 10.9 Å². The number of aliphatic hydroxyl groups excluding tert-OH is 1. The third-order valence-electron chi connectivity index (χ3n) is 1.90. The lowest BCUT2D eigenvalue weighted by Crippen LogP contribution is -1.96. The van der Waals surface area contributed by atoms with Crippen molar-refractivity contribution in [3.8, 4) is 0 Å². The predicted molar refractivity (Wildman–Crippen MR) is 48.3 cm³/mol. The molecule has 0 aromatic carbocycles. The van der Waals surface area contributed by atoms with E-state index in [2.05, 4.69) is 9.55 Å². The Morgan fingerprint density at radius 3 is 3.17 bits per heavy atom. The van der Waals surface area contributed by atoms with Crippen LogP contribution in [0.5, 0.6) is 0 Å². The van der Waals surface area contributed by atoms with E-state index < -0.39 is 0 Å². The first-order valence-electron chi connectivity index (χ1n) is 4.18. The molecule has 0 unspecified atom stereocenters. The second-order valence-electron chi connectivity index (χ2n) is 2.92. The molecule has 1 heterocycles. The van der Waals surface area contributed by atoms with Crippen LogP contribution >= 0.6 is 11.8 Å².